The summed E-state index contributed by atoms with van der Waals surface area (Å²) in [6.07, 6.45) is 1.03. The van der Waals surface area contributed by atoms with E-state index in [1.54, 1.807) is 24.3 Å². The highest BCUT2D eigenvalue weighted by Crippen LogP contribution is 2.36. The summed E-state index contributed by atoms with van der Waals surface area (Å²) < 4.78 is 0. The van der Waals surface area contributed by atoms with Crippen LogP contribution in [0.4, 0.5) is 0 Å². The van der Waals surface area contributed by atoms with Crippen molar-refractivity contribution in [3.8, 4) is 11.5 Å². The summed E-state index contributed by atoms with van der Waals surface area (Å²) in [4.78, 5) is 0. The topological polar surface area (TPSA) is 40.5 Å². The Morgan fingerprint density at radius 3 is 1.63 bits per heavy atom. The summed E-state index contributed by atoms with van der Waals surface area (Å²) in [7, 11) is 0. The summed E-state index contributed by atoms with van der Waals surface area (Å²) >= 11 is 0. The lowest BCUT2D eigenvalue weighted by atomic mass is 9.81. The Morgan fingerprint density at radius 1 is 0.789 bits per heavy atom. The Balaban J connectivity index is 2.26. The highest BCUT2D eigenvalue weighted by atomic mass is 16.3. The van der Waals surface area contributed by atoms with Crippen LogP contribution >= 0.6 is 0 Å². The van der Waals surface area contributed by atoms with Gasteiger partial charge in [0.1, 0.15) is 11.5 Å². The van der Waals surface area contributed by atoms with Crippen molar-refractivity contribution in [2.75, 3.05) is 0 Å². The number of hydrogen-bond acceptors (Lipinski definition) is 2. The zero-order valence-corrected chi connectivity index (χ0v) is 11.4. The van der Waals surface area contributed by atoms with Crippen molar-refractivity contribution in [1.82, 2.24) is 0 Å². The van der Waals surface area contributed by atoms with Crippen molar-refractivity contribution in [2.24, 2.45) is 0 Å². The van der Waals surface area contributed by atoms with Crippen molar-refractivity contribution in [3.63, 3.8) is 0 Å². The minimum atomic E-state index is 0.300. The number of benzene rings is 2. The lowest BCUT2D eigenvalue weighted by Gasteiger charge is -2.23. The smallest absolute Gasteiger partial charge is 0.115 e. The van der Waals surface area contributed by atoms with Gasteiger partial charge in [-0.15, -0.1) is 0 Å². The normalized spacial score (nSPS) is 14.0. The summed E-state index contributed by atoms with van der Waals surface area (Å²) in [6, 6.07) is 14.9. The van der Waals surface area contributed by atoms with E-state index in [4.69, 9.17) is 0 Å². The molecule has 2 aromatic carbocycles. The predicted octanol–water partition coefficient (Wildman–Crippen LogP) is 4.40. The second-order valence-electron chi connectivity index (χ2n) is 4.99. The first-order chi connectivity index (χ1) is 9.11. The Kier molecular flexibility index (Phi) is 4.10. The van der Waals surface area contributed by atoms with Crippen LogP contribution in [-0.2, 0) is 0 Å². The van der Waals surface area contributed by atoms with Crippen LogP contribution in [0.1, 0.15) is 43.2 Å². The van der Waals surface area contributed by atoms with Gasteiger partial charge in [0, 0.05) is 0 Å². The van der Waals surface area contributed by atoms with Gasteiger partial charge in [-0.3, -0.25) is 0 Å². The number of hydrogen-bond donors (Lipinski definition) is 2. The predicted molar refractivity (Wildman–Crippen MR) is 77.7 cm³/mol. The third-order valence-corrected chi connectivity index (χ3v) is 3.78. The molecule has 0 aromatic heterocycles. The third-order valence-electron chi connectivity index (χ3n) is 3.78. The largest absolute Gasteiger partial charge is 0.508 e. The minimum absolute atomic E-state index is 0.300. The molecule has 100 valence electrons. The van der Waals surface area contributed by atoms with E-state index < -0.39 is 0 Å². The fraction of sp³-hybridized carbons (Fsp3) is 0.294. The van der Waals surface area contributed by atoms with Crippen molar-refractivity contribution in [3.05, 3.63) is 59.7 Å². The van der Waals surface area contributed by atoms with Crippen LogP contribution in [0.2, 0.25) is 0 Å². The van der Waals surface area contributed by atoms with Crippen molar-refractivity contribution < 1.29 is 10.2 Å². The molecule has 0 aliphatic rings. The molecule has 0 heterocycles. The standard InChI is InChI=1S/C17H20O2/c1-3-17(14-6-10-16(19)11-7-14)12(2)13-4-8-15(18)9-5-13/h4-12,17-19H,3H2,1-2H3/t12-,17-/m0/s1. The molecule has 0 unspecified atom stereocenters. The quantitative estimate of drug-likeness (QED) is 0.851. The molecule has 2 heteroatoms. The van der Waals surface area contributed by atoms with E-state index in [0.29, 0.717) is 23.3 Å². The van der Waals surface area contributed by atoms with Crippen LogP contribution in [0, 0.1) is 0 Å². The molecule has 19 heavy (non-hydrogen) atoms. The van der Waals surface area contributed by atoms with Gasteiger partial charge in [0.2, 0.25) is 0 Å². The minimum Gasteiger partial charge on any atom is -0.508 e. The molecular weight excluding hydrogens is 236 g/mol. The number of phenolic OH excluding ortho intramolecular Hbond substituents is 2. The third kappa shape index (κ3) is 3.08. The average molecular weight is 256 g/mol. The van der Waals surface area contributed by atoms with Gasteiger partial charge in [0.05, 0.1) is 0 Å². The fourth-order valence-corrected chi connectivity index (χ4v) is 2.61. The van der Waals surface area contributed by atoms with Crippen LogP contribution in [0.5, 0.6) is 11.5 Å². The van der Waals surface area contributed by atoms with Gasteiger partial charge >= 0.3 is 0 Å². The zero-order chi connectivity index (χ0) is 13.8. The van der Waals surface area contributed by atoms with Gasteiger partial charge < -0.3 is 10.2 Å². The average Bonchev–Trinajstić information content (AvgIpc) is 2.42. The molecule has 0 radical (unpaired) electrons. The maximum absolute atomic E-state index is 9.37. The van der Waals surface area contributed by atoms with E-state index in [9.17, 15) is 10.2 Å². The van der Waals surface area contributed by atoms with Gasteiger partial charge in [-0.25, -0.2) is 0 Å². The van der Waals surface area contributed by atoms with E-state index in [-0.39, 0.29) is 0 Å². The molecule has 2 atom stereocenters. The lowest BCUT2D eigenvalue weighted by molar-refractivity contribution is 0.472. The lowest BCUT2D eigenvalue weighted by Crippen LogP contribution is -2.07. The van der Waals surface area contributed by atoms with Crippen molar-refractivity contribution in [2.45, 2.75) is 32.1 Å². The van der Waals surface area contributed by atoms with Crippen LogP contribution in [0.25, 0.3) is 0 Å². The first-order valence-electron chi connectivity index (χ1n) is 6.69. The monoisotopic (exact) mass is 256 g/mol. The molecule has 0 bridgehead atoms. The molecule has 0 amide bonds. The Hall–Kier alpha value is -1.96. The molecule has 0 aliphatic heterocycles. The van der Waals surface area contributed by atoms with E-state index >= 15 is 0 Å². The second kappa shape index (κ2) is 5.79. The first-order valence-corrected chi connectivity index (χ1v) is 6.69. The molecular formula is C17H20O2. The molecule has 0 saturated carbocycles. The summed E-state index contributed by atoms with van der Waals surface area (Å²) in [5.74, 6) is 1.38. The molecule has 2 N–H and O–H groups in total. The van der Waals surface area contributed by atoms with E-state index in [1.807, 2.05) is 24.3 Å². The Bertz CT molecular complexity index is 514. The van der Waals surface area contributed by atoms with Gasteiger partial charge in [0.25, 0.3) is 0 Å². The second-order valence-corrected chi connectivity index (χ2v) is 4.99. The molecule has 2 aromatic rings. The SMILES string of the molecule is CC[C@H](c1ccc(O)cc1)[C@@H](C)c1ccc(O)cc1. The van der Waals surface area contributed by atoms with Crippen molar-refractivity contribution in [1.29, 1.82) is 0 Å². The number of rotatable bonds is 4. The van der Waals surface area contributed by atoms with Crippen molar-refractivity contribution >= 4 is 0 Å². The summed E-state index contributed by atoms with van der Waals surface area (Å²) in [6.45, 7) is 4.38. The molecule has 0 spiro atoms. The van der Waals surface area contributed by atoms with Gasteiger partial charge in [-0.1, -0.05) is 38.1 Å². The van der Waals surface area contributed by atoms with Crippen LogP contribution < -0.4 is 0 Å². The van der Waals surface area contributed by atoms with E-state index in [0.717, 1.165) is 6.42 Å². The van der Waals surface area contributed by atoms with Crippen LogP contribution in [0.3, 0.4) is 0 Å². The van der Waals surface area contributed by atoms with Gasteiger partial charge in [0.15, 0.2) is 0 Å². The molecule has 2 rings (SSSR count). The first kappa shape index (κ1) is 13.5. The number of phenols is 2. The zero-order valence-electron chi connectivity index (χ0n) is 11.4. The van der Waals surface area contributed by atoms with Gasteiger partial charge in [-0.2, -0.15) is 0 Å². The fourth-order valence-electron chi connectivity index (χ4n) is 2.61. The maximum atomic E-state index is 9.37. The van der Waals surface area contributed by atoms with Crippen LogP contribution in [0.15, 0.2) is 48.5 Å². The Labute approximate surface area is 114 Å². The molecule has 0 aliphatic carbocycles. The molecule has 0 saturated heterocycles. The Morgan fingerprint density at radius 2 is 1.21 bits per heavy atom. The van der Waals surface area contributed by atoms with E-state index in [1.165, 1.54) is 11.1 Å². The molecule has 0 fully saturated rings. The number of aromatic hydroxyl groups is 2. The highest BCUT2D eigenvalue weighted by Gasteiger charge is 2.19. The molecule has 2 nitrogen and oxygen atoms in total. The van der Waals surface area contributed by atoms with E-state index in [2.05, 4.69) is 13.8 Å². The summed E-state index contributed by atoms with van der Waals surface area (Å²) in [5, 5.41) is 18.7. The highest BCUT2D eigenvalue weighted by molar-refractivity contribution is 5.34. The maximum Gasteiger partial charge on any atom is 0.115 e. The summed E-state index contributed by atoms with van der Waals surface area (Å²) in [5.41, 5.74) is 2.46. The van der Waals surface area contributed by atoms with Crippen LogP contribution in [-0.4, -0.2) is 10.2 Å². The van der Waals surface area contributed by atoms with Gasteiger partial charge in [-0.05, 0) is 53.6 Å².